The molecular formula is C17H18N4OS. The number of fused-ring (bicyclic) bond motifs is 1. The maximum atomic E-state index is 11.9. The molecule has 3 heterocycles. The molecule has 0 amide bonds. The third-order valence-electron chi connectivity index (χ3n) is 3.70. The number of pyridine rings is 1. The second-order valence-electron chi connectivity index (χ2n) is 5.45. The monoisotopic (exact) mass is 326 g/mol. The van der Waals surface area contributed by atoms with Crippen LogP contribution in [0.1, 0.15) is 40.2 Å². The molecule has 0 bridgehead atoms. The number of Topliss-reactive ketones (excluding diaryl/α,β-unsaturated/α-hetero) is 1. The Hall–Kier alpha value is -2.21. The van der Waals surface area contributed by atoms with Gasteiger partial charge in [-0.2, -0.15) is 0 Å². The number of nitrogens with zero attached hydrogens (tertiary/aromatic N) is 4. The Labute approximate surface area is 139 Å². The van der Waals surface area contributed by atoms with E-state index in [1.165, 1.54) is 0 Å². The molecule has 118 valence electrons. The van der Waals surface area contributed by atoms with Crippen LogP contribution in [-0.2, 0) is 5.75 Å². The van der Waals surface area contributed by atoms with Gasteiger partial charge in [-0.05, 0) is 39.8 Å². The van der Waals surface area contributed by atoms with E-state index in [0.29, 0.717) is 17.1 Å². The van der Waals surface area contributed by atoms with E-state index in [0.717, 1.165) is 27.8 Å². The Morgan fingerprint density at radius 1 is 1.13 bits per heavy atom. The molecule has 0 atom stereocenters. The highest BCUT2D eigenvalue weighted by Gasteiger charge is 2.16. The van der Waals surface area contributed by atoms with Crippen molar-refractivity contribution in [2.45, 2.75) is 38.5 Å². The van der Waals surface area contributed by atoms with Gasteiger partial charge in [0, 0.05) is 11.9 Å². The fourth-order valence-electron chi connectivity index (χ4n) is 2.67. The summed E-state index contributed by atoms with van der Waals surface area (Å²) in [5, 5.41) is 0.743. The summed E-state index contributed by atoms with van der Waals surface area (Å²) < 4.78 is 2.08. The van der Waals surface area contributed by atoms with Gasteiger partial charge in [-0.3, -0.25) is 4.79 Å². The van der Waals surface area contributed by atoms with Gasteiger partial charge in [0.25, 0.3) is 0 Å². The molecule has 0 saturated heterocycles. The summed E-state index contributed by atoms with van der Waals surface area (Å²) in [6.07, 6.45) is 2.01. The summed E-state index contributed by atoms with van der Waals surface area (Å²) in [5.41, 5.74) is 4.40. The molecule has 0 aliphatic rings. The molecule has 0 spiro atoms. The predicted molar refractivity (Wildman–Crippen MR) is 91.0 cm³/mol. The minimum Gasteiger partial charge on any atom is -0.303 e. The molecule has 0 saturated carbocycles. The Morgan fingerprint density at radius 3 is 2.65 bits per heavy atom. The molecular weight excluding hydrogens is 308 g/mol. The van der Waals surface area contributed by atoms with Crippen LogP contribution in [0.5, 0.6) is 0 Å². The van der Waals surface area contributed by atoms with Gasteiger partial charge >= 0.3 is 0 Å². The van der Waals surface area contributed by atoms with E-state index < -0.39 is 0 Å². The Bertz CT molecular complexity index is 901. The average molecular weight is 326 g/mol. The lowest BCUT2D eigenvalue weighted by Gasteiger charge is -2.10. The summed E-state index contributed by atoms with van der Waals surface area (Å²) in [7, 11) is 0. The van der Waals surface area contributed by atoms with Gasteiger partial charge in [0.15, 0.2) is 5.78 Å². The molecule has 3 aromatic rings. The number of carbonyl (C=O) groups excluding carboxylic acids is 1. The molecule has 3 rings (SSSR count). The number of hydrogen-bond donors (Lipinski definition) is 0. The van der Waals surface area contributed by atoms with E-state index in [1.54, 1.807) is 18.7 Å². The van der Waals surface area contributed by atoms with Crippen LogP contribution in [-0.4, -0.2) is 25.1 Å². The lowest BCUT2D eigenvalue weighted by atomic mass is 10.2. The lowest BCUT2D eigenvalue weighted by molar-refractivity contribution is 0.101. The normalized spacial score (nSPS) is 11.1. The molecule has 0 aromatic carbocycles. The summed E-state index contributed by atoms with van der Waals surface area (Å²) in [5.74, 6) is 1.39. The highest BCUT2D eigenvalue weighted by atomic mass is 32.2. The van der Waals surface area contributed by atoms with Gasteiger partial charge in [0.05, 0.1) is 22.6 Å². The largest absolute Gasteiger partial charge is 0.303 e. The van der Waals surface area contributed by atoms with E-state index in [2.05, 4.69) is 19.4 Å². The van der Waals surface area contributed by atoms with Crippen LogP contribution in [0, 0.1) is 20.8 Å². The highest BCUT2D eigenvalue weighted by Crippen LogP contribution is 2.28. The van der Waals surface area contributed by atoms with Crippen molar-refractivity contribution in [2.24, 2.45) is 0 Å². The van der Waals surface area contributed by atoms with Crippen molar-refractivity contribution in [1.82, 2.24) is 19.4 Å². The van der Waals surface area contributed by atoms with Gasteiger partial charge < -0.3 is 4.40 Å². The number of aryl methyl sites for hydroxylation is 3. The van der Waals surface area contributed by atoms with Crippen LogP contribution in [0.15, 0.2) is 29.4 Å². The first-order chi connectivity index (χ1) is 11.0. The van der Waals surface area contributed by atoms with Gasteiger partial charge in [-0.15, -0.1) is 0 Å². The quantitative estimate of drug-likeness (QED) is 0.417. The molecule has 3 aromatic heterocycles. The van der Waals surface area contributed by atoms with Crippen molar-refractivity contribution in [3.05, 3.63) is 52.9 Å². The van der Waals surface area contributed by atoms with E-state index in [9.17, 15) is 4.79 Å². The standard InChI is InChI=1S/C17H18N4OS/c1-10-14(21-8-6-5-7-15(21)19-10)9-23-17-16(12(3)22)11(2)18-13(4)20-17/h5-8H,9H2,1-4H3. The Kier molecular flexibility index (Phi) is 4.17. The van der Waals surface area contributed by atoms with Crippen molar-refractivity contribution in [2.75, 3.05) is 0 Å². The van der Waals surface area contributed by atoms with Crippen LogP contribution < -0.4 is 0 Å². The molecule has 0 unspecified atom stereocenters. The van der Waals surface area contributed by atoms with Crippen molar-refractivity contribution >= 4 is 23.2 Å². The van der Waals surface area contributed by atoms with Crippen LogP contribution in [0.3, 0.4) is 0 Å². The zero-order valence-corrected chi connectivity index (χ0v) is 14.4. The van der Waals surface area contributed by atoms with Crippen molar-refractivity contribution < 1.29 is 4.79 Å². The van der Waals surface area contributed by atoms with Gasteiger partial charge in [-0.1, -0.05) is 17.8 Å². The summed E-state index contributed by atoms with van der Waals surface area (Å²) in [6.45, 7) is 7.27. The number of aromatic nitrogens is 4. The van der Waals surface area contributed by atoms with Gasteiger partial charge in [-0.25, -0.2) is 15.0 Å². The van der Waals surface area contributed by atoms with Crippen LogP contribution in [0.4, 0.5) is 0 Å². The van der Waals surface area contributed by atoms with Crippen LogP contribution in [0.2, 0.25) is 0 Å². The zero-order chi connectivity index (χ0) is 16.6. The fraction of sp³-hybridized carbons (Fsp3) is 0.294. The van der Waals surface area contributed by atoms with Gasteiger partial charge in [0.1, 0.15) is 16.5 Å². The number of imidazole rings is 1. The first-order valence-electron chi connectivity index (χ1n) is 7.39. The van der Waals surface area contributed by atoms with Crippen molar-refractivity contribution in [3.63, 3.8) is 0 Å². The second kappa shape index (κ2) is 6.12. The Balaban J connectivity index is 1.97. The number of hydrogen-bond acceptors (Lipinski definition) is 5. The highest BCUT2D eigenvalue weighted by molar-refractivity contribution is 7.98. The molecule has 23 heavy (non-hydrogen) atoms. The summed E-state index contributed by atoms with van der Waals surface area (Å²) in [4.78, 5) is 25.3. The average Bonchev–Trinajstić information content (AvgIpc) is 2.79. The Morgan fingerprint density at radius 2 is 1.91 bits per heavy atom. The number of ketones is 1. The van der Waals surface area contributed by atoms with E-state index >= 15 is 0 Å². The third kappa shape index (κ3) is 2.99. The maximum Gasteiger partial charge on any atom is 0.164 e. The number of rotatable bonds is 4. The molecule has 6 heteroatoms. The minimum absolute atomic E-state index is 0.000126. The fourth-order valence-corrected chi connectivity index (χ4v) is 3.92. The first kappa shape index (κ1) is 15.7. The maximum absolute atomic E-state index is 11.9. The summed E-state index contributed by atoms with van der Waals surface area (Å²) >= 11 is 1.56. The van der Waals surface area contributed by atoms with E-state index in [4.69, 9.17) is 0 Å². The van der Waals surface area contributed by atoms with Crippen molar-refractivity contribution in [1.29, 1.82) is 0 Å². The topological polar surface area (TPSA) is 60.2 Å². The summed E-state index contributed by atoms with van der Waals surface area (Å²) in [6, 6.07) is 5.95. The molecule has 5 nitrogen and oxygen atoms in total. The first-order valence-corrected chi connectivity index (χ1v) is 8.37. The van der Waals surface area contributed by atoms with Gasteiger partial charge in [0.2, 0.25) is 0 Å². The minimum atomic E-state index is -0.000126. The lowest BCUT2D eigenvalue weighted by Crippen LogP contribution is -2.06. The third-order valence-corrected chi connectivity index (χ3v) is 4.68. The van der Waals surface area contributed by atoms with Crippen LogP contribution >= 0.6 is 11.8 Å². The van der Waals surface area contributed by atoms with Crippen LogP contribution in [0.25, 0.3) is 5.65 Å². The SMILES string of the molecule is CC(=O)c1c(C)nc(C)nc1SCc1c(C)nc2ccccn12. The van der Waals surface area contributed by atoms with E-state index in [1.807, 2.05) is 45.2 Å². The van der Waals surface area contributed by atoms with E-state index in [-0.39, 0.29) is 5.78 Å². The number of thioether (sulfide) groups is 1. The second-order valence-corrected chi connectivity index (χ2v) is 6.42. The molecule has 0 aliphatic carbocycles. The number of carbonyl (C=O) groups is 1. The predicted octanol–water partition coefficient (Wildman–Crippen LogP) is 3.54. The molecule has 0 radical (unpaired) electrons. The smallest absolute Gasteiger partial charge is 0.164 e. The van der Waals surface area contributed by atoms with Crippen molar-refractivity contribution in [3.8, 4) is 0 Å². The molecule has 0 fully saturated rings. The molecule has 0 N–H and O–H groups in total. The zero-order valence-electron chi connectivity index (χ0n) is 13.6. The molecule has 0 aliphatic heterocycles.